The predicted octanol–water partition coefficient (Wildman–Crippen LogP) is 1.68. The molecule has 0 radical (unpaired) electrons. The van der Waals surface area contributed by atoms with Crippen LogP contribution in [0.5, 0.6) is 0 Å². The van der Waals surface area contributed by atoms with E-state index in [1.165, 1.54) is 5.56 Å². The normalized spacial score (nSPS) is 23.8. The number of nitrogens with one attached hydrogen (secondary N) is 1. The number of allylic oxidation sites excluding steroid dienone is 2. The Kier molecular flexibility index (Phi) is 3.95. The summed E-state index contributed by atoms with van der Waals surface area (Å²) in [7, 11) is -3.51. The molecule has 1 N–H and O–H groups in total. The number of hydrogen-bond donors (Lipinski definition) is 1. The topological polar surface area (TPSA) is 78.8 Å². The Hall–Kier alpha value is -2.41. The van der Waals surface area contributed by atoms with E-state index >= 15 is 0 Å². The van der Waals surface area contributed by atoms with Gasteiger partial charge in [-0.1, -0.05) is 24.3 Å². The van der Waals surface area contributed by atoms with Crippen molar-refractivity contribution in [2.24, 2.45) is 4.40 Å². The lowest BCUT2D eigenvalue weighted by Gasteiger charge is -2.30. The number of nitrogens with zero attached hydrogens (tertiary/aromatic N) is 2. The number of benzene rings is 1. The number of carbonyl (C=O) groups is 1. The van der Waals surface area contributed by atoms with Crippen LogP contribution in [0.4, 0.5) is 0 Å². The number of carbonyl (C=O) groups excluding carboxylic acids is 1. The molecule has 0 bridgehead atoms. The van der Waals surface area contributed by atoms with E-state index in [9.17, 15) is 13.2 Å². The molecule has 1 aliphatic carbocycles. The van der Waals surface area contributed by atoms with Gasteiger partial charge in [-0.2, -0.15) is 0 Å². The van der Waals surface area contributed by atoms with Crippen molar-refractivity contribution >= 4 is 21.8 Å². The van der Waals surface area contributed by atoms with Crippen LogP contribution in [-0.2, 0) is 21.2 Å². The fourth-order valence-corrected chi connectivity index (χ4v) is 4.52. The van der Waals surface area contributed by atoms with E-state index < -0.39 is 10.0 Å². The number of fused-ring (bicyclic) bond motifs is 2. The SMILES string of the molecule is O=C(N[C@@H]1CCCc2ccccc21)C1=CC=CN2CCS(=O)(=O)N=C12. The zero-order chi connectivity index (χ0) is 17.4. The van der Waals surface area contributed by atoms with Crippen molar-refractivity contribution in [3.63, 3.8) is 0 Å². The Morgan fingerprint density at radius 2 is 2.12 bits per heavy atom. The molecule has 0 saturated heterocycles. The molecule has 2 aliphatic heterocycles. The van der Waals surface area contributed by atoms with Crippen LogP contribution in [0.15, 0.2) is 52.6 Å². The molecule has 0 saturated carbocycles. The maximum atomic E-state index is 12.8. The number of rotatable bonds is 2. The molecule has 0 spiro atoms. The van der Waals surface area contributed by atoms with Gasteiger partial charge < -0.3 is 10.2 Å². The monoisotopic (exact) mass is 357 g/mol. The first-order valence-corrected chi connectivity index (χ1v) is 10.0. The van der Waals surface area contributed by atoms with Crippen molar-refractivity contribution in [2.45, 2.75) is 25.3 Å². The second-order valence-corrected chi connectivity index (χ2v) is 8.19. The third kappa shape index (κ3) is 3.11. The van der Waals surface area contributed by atoms with Crippen molar-refractivity contribution in [3.8, 4) is 0 Å². The summed E-state index contributed by atoms with van der Waals surface area (Å²) >= 11 is 0. The molecule has 1 aromatic rings. The van der Waals surface area contributed by atoms with Gasteiger partial charge in [0.05, 0.1) is 17.4 Å². The molecule has 1 amide bonds. The fraction of sp³-hybridized carbons (Fsp3) is 0.333. The summed E-state index contributed by atoms with van der Waals surface area (Å²) < 4.78 is 27.5. The lowest BCUT2D eigenvalue weighted by Crippen LogP contribution is -2.43. The third-order valence-corrected chi connectivity index (χ3v) is 5.93. The maximum absolute atomic E-state index is 12.8. The molecule has 2 heterocycles. The van der Waals surface area contributed by atoms with Gasteiger partial charge in [-0.15, -0.1) is 4.40 Å². The summed E-state index contributed by atoms with van der Waals surface area (Å²) in [6, 6.07) is 8.07. The molecule has 1 atom stereocenters. The summed E-state index contributed by atoms with van der Waals surface area (Å²) in [4.78, 5) is 14.5. The first-order valence-electron chi connectivity index (χ1n) is 8.40. The molecule has 7 heteroatoms. The van der Waals surface area contributed by atoms with Gasteiger partial charge in [-0.25, -0.2) is 8.42 Å². The molecular weight excluding hydrogens is 338 g/mol. The van der Waals surface area contributed by atoms with Crippen molar-refractivity contribution in [1.29, 1.82) is 0 Å². The fourth-order valence-electron chi connectivity index (χ4n) is 3.53. The van der Waals surface area contributed by atoms with Gasteiger partial charge in [0.1, 0.15) is 0 Å². The Morgan fingerprint density at radius 1 is 1.28 bits per heavy atom. The van der Waals surface area contributed by atoms with E-state index in [0.717, 1.165) is 24.8 Å². The van der Waals surface area contributed by atoms with Crippen LogP contribution >= 0.6 is 0 Å². The Labute approximate surface area is 147 Å². The van der Waals surface area contributed by atoms with Crippen molar-refractivity contribution in [3.05, 3.63) is 59.3 Å². The number of hydrogen-bond acceptors (Lipinski definition) is 4. The molecule has 4 rings (SSSR count). The van der Waals surface area contributed by atoms with Gasteiger partial charge >= 0.3 is 0 Å². The molecule has 1 aromatic carbocycles. The van der Waals surface area contributed by atoms with Crippen LogP contribution in [0, 0.1) is 0 Å². The quantitative estimate of drug-likeness (QED) is 0.873. The van der Waals surface area contributed by atoms with E-state index in [0.29, 0.717) is 12.1 Å². The summed E-state index contributed by atoms with van der Waals surface area (Å²) in [5, 5.41) is 3.06. The first kappa shape index (κ1) is 16.1. The van der Waals surface area contributed by atoms with Crippen LogP contribution in [0.2, 0.25) is 0 Å². The van der Waals surface area contributed by atoms with Crippen LogP contribution in [0.3, 0.4) is 0 Å². The average Bonchev–Trinajstić information content (AvgIpc) is 2.61. The maximum Gasteiger partial charge on any atom is 0.256 e. The van der Waals surface area contributed by atoms with Gasteiger partial charge in [0, 0.05) is 12.7 Å². The number of sulfonamides is 1. The van der Waals surface area contributed by atoms with Crippen molar-refractivity contribution < 1.29 is 13.2 Å². The largest absolute Gasteiger partial charge is 0.345 e. The minimum absolute atomic E-state index is 0.0360. The van der Waals surface area contributed by atoms with Gasteiger partial charge in [0.25, 0.3) is 15.9 Å². The van der Waals surface area contributed by atoms with E-state index in [4.69, 9.17) is 0 Å². The molecule has 6 nitrogen and oxygen atoms in total. The average molecular weight is 357 g/mol. The minimum atomic E-state index is -3.51. The molecule has 0 aromatic heterocycles. The molecule has 130 valence electrons. The molecule has 0 unspecified atom stereocenters. The zero-order valence-electron chi connectivity index (χ0n) is 13.7. The minimum Gasteiger partial charge on any atom is -0.345 e. The van der Waals surface area contributed by atoms with Gasteiger partial charge in [0.2, 0.25) is 0 Å². The summed E-state index contributed by atoms with van der Waals surface area (Å²) in [6.07, 6.45) is 8.04. The van der Waals surface area contributed by atoms with Gasteiger partial charge in [-0.3, -0.25) is 4.79 Å². The number of amides is 1. The number of aryl methyl sites for hydroxylation is 1. The summed E-state index contributed by atoms with van der Waals surface area (Å²) in [5.41, 5.74) is 2.70. The highest BCUT2D eigenvalue weighted by atomic mass is 32.2. The van der Waals surface area contributed by atoms with Gasteiger partial charge in [0.15, 0.2) is 5.84 Å². The highest BCUT2D eigenvalue weighted by Crippen LogP contribution is 2.30. The second-order valence-electron chi connectivity index (χ2n) is 6.43. The van der Waals surface area contributed by atoms with E-state index in [1.807, 2.05) is 18.2 Å². The van der Waals surface area contributed by atoms with Crippen LogP contribution in [0.1, 0.15) is 30.0 Å². The highest BCUT2D eigenvalue weighted by molar-refractivity contribution is 7.90. The predicted molar refractivity (Wildman–Crippen MR) is 95.4 cm³/mol. The van der Waals surface area contributed by atoms with Crippen molar-refractivity contribution in [2.75, 3.05) is 12.3 Å². The van der Waals surface area contributed by atoms with Crippen LogP contribution in [-0.4, -0.2) is 37.4 Å². The lowest BCUT2D eigenvalue weighted by atomic mass is 9.87. The molecule has 3 aliphatic rings. The Balaban J connectivity index is 1.61. The van der Waals surface area contributed by atoms with Crippen molar-refractivity contribution in [1.82, 2.24) is 10.2 Å². The molecule has 0 fully saturated rings. The standard InChI is InChI=1S/C18H19N3O3S/c22-18(19-16-9-3-6-13-5-1-2-7-14(13)16)15-8-4-10-21-11-12-25(23,24)20-17(15)21/h1-2,4-5,7-8,10,16H,3,6,9,11-12H2,(H,19,22)/t16-/m1/s1. The van der Waals surface area contributed by atoms with E-state index in [1.54, 1.807) is 23.3 Å². The first-order chi connectivity index (χ1) is 12.0. The summed E-state index contributed by atoms with van der Waals surface area (Å²) in [5.74, 6) is -0.103. The smallest absolute Gasteiger partial charge is 0.256 e. The Morgan fingerprint density at radius 3 is 3.00 bits per heavy atom. The Bertz CT molecular complexity index is 915. The van der Waals surface area contributed by atoms with E-state index in [2.05, 4.69) is 15.8 Å². The van der Waals surface area contributed by atoms with Gasteiger partial charge in [-0.05, 0) is 42.5 Å². The highest BCUT2D eigenvalue weighted by Gasteiger charge is 2.31. The number of amidine groups is 1. The molecular formula is C18H19N3O3S. The van der Waals surface area contributed by atoms with Crippen LogP contribution < -0.4 is 5.32 Å². The third-order valence-electron chi connectivity index (χ3n) is 4.78. The summed E-state index contributed by atoms with van der Waals surface area (Å²) in [6.45, 7) is 0.314. The molecule has 25 heavy (non-hydrogen) atoms. The lowest BCUT2D eigenvalue weighted by molar-refractivity contribution is -0.117. The zero-order valence-corrected chi connectivity index (χ0v) is 14.5. The second kappa shape index (κ2) is 6.15. The van der Waals surface area contributed by atoms with Crippen LogP contribution in [0.25, 0.3) is 0 Å². The van der Waals surface area contributed by atoms with E-state index in [-0.39, 0.29) is 23.5 Å².